The lowest BCUT2D eigenvalue weighted by Crippen LogP contribution is -2.19. The Morgan fingerprint density at radius 3 is 2.55 bits per heavy atom. The third-order valence-electron chi connectivity index (χ3n) is 4.85. The Hall–Kier alpha value is -2.93. The molecule has 148 valence electrons. The van der Waals surface area contributed by atoms with E-state index in [2.05, 4.69) is 20.1 Å². The van der Waals surface area contributed by atoms with E-state index in [9.17, 15) is 9.59 Å². The molecule has 0 aliphatic heterocycles. The fourth-order valence-electron chi connectivity index (χ4n) is 3.21. The molecule has 6 nitrogen and oxygen atoms in total. The maximum Gasteiger partial charge on any atom is 0.242 e. The highest BCUT2D eigenvalue weighted by molar-refractivity contribution is 8.00. The van der Waals surface area contributed by atoms with Crippen molar-refractivity contribution in [1.29, 1.82) is 0 Å². The number of nitrogens with one attached hydrogen (secondary N) is 1. The van der Waals surface area contributed by atoms with E-state index >= 15 is 0 Å². The van der Waals surface area contributed by atoms with E-state index in [0.717, 1.165) is 29.4 Å². The van der Waals surface area contributed by atoms with Crippen molar-refractivity contribution in [2.24, 2.45) is 0 Å². The first kappa shape index (κ1) is 19.4. The first-order chi connectivity index (χ1) is 14.0. The summed E-state index contributed by atoms with van der Waals surface area (Å²) in [5, 5.41) is 11.8. The molecule has 1 aliphatic carbocycles. The summed E-state index contributed by atoms with van der Waals surface area (Å²) in [6, 6.07) is 17.1. The first-order valence-electron chi connectivity index (χ1n) is 9.58. The van der Waals surface area contributed by atoms with Crippen molar-refractivity contribution in [2.45, 2.75) is 43.1 Å². The van der Waals surface area contributed by atoms with Crippen molar-refractivity contribution in [2.75, 3.05) is 5.32 Å². The topological polar surface area (TPSA) is 76.9 Å². The van der Waals surface area contributed by atoms with Gasteiger partial charge in [-0.2, -0.15) is 0 Å². The highest BCUT2D eigenvalue weighted by atomic mass is 32.2. The molecule has 1 aromatic heterocycles. The molecule has 0 saturated heterocycles. The first-order valence-corrected chi connectivity index (χ1v) is 10.5. The van der Waals surface area contributed by atoms with E-state index < -0.39 is 5.25 Å². The Bertz CT molecular complexity index is 1040. The fraction of sp³-hybridized carbons (Fsp3) is 0.273. The number of hydrogen-bond donors (Lipinski definition) is 1. The van der Waals surface area contributed by atoms with E-state index in [4.69, 9.17) is 0 Å². The Labute approximate surface area is 173 Å². The van der Waals surface area contributed by atoms with Gasteiger partial charge in [0.2, 0.25) is 5.91 Å². The minimum Gasteiger partial charge on any atom is -0.325 e. The predicted octanol–water partition coefficient (Wildman–Crippen LogP) is 4.60. The van der Waals surface area contributed by atoms with Crippen LogP contribution in [0, 0.1) is 6.92 Å². The van der Waals surface area contributed by atoms with Crippen molar-refractivity contribution in [3.05, 3.63) is 71.5 Å². The standard InChI is InChI=1S/C22H22N4O2S/c1-14(27)17-9-6-10-18(13-17)23-21(28)20(16-7-4-3-5-8-16)29-22-25-24-15(2)26(22)19-11-12-19/h3-10,13,19-20H,11-12H2,1-2H3,(H,23,28)/t20-/m0/s1. The average Bonchev–Trinajstić information content (AvgIpc) is 3.49. The molecule has 1 saturated carbocycles. The summed E-state index contributed by atoms with van der Waals surface area (Å²) in [6.07, 6.45) is 2.24. The number of nitrogens with zero attached hydrogens (tertiary/aromatic N) is 3. The average molecular weight is 407 g/mol. The molecule has 1 heterocycles. The molecule has 1 atom stereocenters. The number of ketones is 1. The number of thioether (sulfide) groups is 1. The van der Waals surface area contributed by atoms with E-state index in [1.807, 2.05) is 37.3 Å². The van der Waals surface area contributed by atoms with Crippen LogP contribution in [0.1, 0.15) is 52.8 Å². The number of aryl methyl sites for hydroxylation is 1. The minimum absolute atomic E-state index is 0.0388. The van der Waals surface area contributed by atoms with E-state index in [-0.39, 0.29) is 11.7 Å². The second-order valence-electron chi connectivity index (χ2n) is 7.17. The molecule has 1 amide bonds. The lowest BCUT2D eigenvalue weighted by molar-refractivity contribution is -0.115. The maximum absolute atomic E-state index is 13.2. The molecule has 7 heteroatoms. The summed E-state index contributed by atoms with van der Waals surface area (Å²) in [4.78, 5) is 24.9. The van der Waals surface area contributed by atoms with Gasteiger partial charge in [-0.15, -0.1) is 10.2 Å². The summed E-state index contributed by atoms with van der Waals surface area (Å²) in [5.74, 6) is 0.671. The Morgan fingerprint density at radius 1 is 1.10 bits per heavy atom. The van der Waals surface area contributed by atoms with Crippen LogP contribution in [0.4, 0.5) is 5.69 Å². The van der Waals surface area contributed by atoms with Gasteiger partial charge in [-0.3, -0.25) is 9.59 Å². The van der Waals surface area contributed by atoms with Crippen LogP contribution in [0.5, 0.6) is 0 Å². The number of carbonyl (C=O) groups is 2. The maximum atomic E-state index is 13.2. The minimum atomic E-state index is -0.488. The number of aromatic nitrogens is 3. The molecule has 0 unspecified atom stereocenters. The number of anilines is 1. The van der Waals surface area contributed by atoms with Gasteiger partial charge >= 0.3 is 0 Å². The molecule has 0 spiro atoms. The molecule has 4 rings (SSSR count). The molecule has 0 radical (unpaired) electrons. The second-order valence-corrected chi connectivity index (χ2v) is 8.24. The van der Waals surface area contributed by atoms with Gasteiger partial charge in [-0.05, 0) is 44.4 Å². The van der Waals surface area contributed by atoms with Crippen LogP contribution < -0.4 is 5.32 Å². The van der Waals surface area contributed by atoms with Crippen molar-refractivity contribution < 1.29 is 9.59 Å². The summed E-state index contributed by atoms with van der Waals surface area (Å²) in [6.45, 7) is 3.46. The summed E-state index contributed by atoms with van der Waals surface area (Å²) in [5.41, 5.74) is 2.06. The van der Waals surface area contributed by atoms with E-state index in [1.54, 1.807) is 24.3 Å². The molecule has 3 aromatic rings. The van der Waals surface area contributed by atoms with Crippen LogP contribution in [-0.2, 0) is 4.79 Å². The van der Waals surface area contributed by atoms with Crippen LogP contribution in [0.25, 0.3) is 0 Å². The smallest absolute Gasteiger partial charge is 0.242 e. The summed E-state index contributed by atoms with van der Waals surface area (Å²) >= 11 is 1.41. The quantitative estimate of drug-likeness (QED) is 0.458. The van der Waals surface area contributed by atoms with Crippen molar-refractivity contribution >= 4 is 29.1 Å². The zero-order valence-electron chi connectivity index (χ0n) is 16.3. The monoisotopic (exact) mass is 406 g/mol. The van der Waals surface area contributed by atoms with Crippen LogP contribution >= 0.6 is 11.8 Å². The fourth-order valence-corrected chi connectivity index (χ4v) is 4.37. The van der Waals surface area contributed by atoms with Gasteiger partial charge in [-0.1, -0.05) is 54.2 Å². The normalized spacial score (nSPS) is 14.4. The molecule has 29 heavy (non-hydrogen) atoms. The molecule has 1 N–H and O–H groups in total. The predicted molar refractivity (Wildman–Crippen MR) is 113 cm³/mol. The van der Waals surface area contributed by atoms with Crippen LogP contribution in [-0.4, -0.2) is 26.5 Å². The highest BCUT2D eigenvalue weighted by Crippen LogP contribution is 2.42. The van der Waals surface area contributed by atoms with Gasteiger partial charge < -0.3 is 9.88 Å². The SMILES string of the molecule is CC(=O)c1cccc(NC(=O)[C@@H](Sc2nnc(C)n2C2CC2)c2ccccc2)c1. The Balaban J connectivity index is 1.62. The Kier molecular flexibility index (Phi) is 5.49. The Morgan fingerprint density at radius 2 is 1.86 bits per heavy atom. The van der Waals surface area contributed by atoms with E-state index in [0.29, 0.717) is 17.3 Å². The zero-order valence-corrected chi connectivity index (χ0v) is 17.1. The largest absolute Gasteiger partial charge is 0.325 e. The van der Waals surface area contributed by atoms with Gasteiger partial charge in [0.1, 0.15) is 11.1 Å². The summed E-state index contributed by atoms with van der Waals surface area (Å²) in [7, 11) is 0. The van der Waals surface area contributed by atoms with Gasteiger partial charge in [0.05, 0.1) is 0 Å². The number of rotatable bonds is 7. The van der Waals surface area contributed by atoms with Crippen molar-refractivity contribution in [1.82, 2.24) is 14.8 Å². The lowest BCUT2D eigenvalue weighted by Gasteiger charge is -2.17. The number of amides is 1. The second kappa shape index (κ2) is 8.21. The number of benzene rings is 2. The van der Waals surface area contributed by atoms with Gasteiger partial charge in [-0.25, -0.2) is 0 Å². The molecule has 1 aliphatic rings. The lowest BCUT2D eigenvalue weighted by atomic mass is 10.1. The molecular formula is C22H22N4O2S. The van der Waals surface area contributed by atoms with Crippen LogP contribution in [0.15, 0.2) is 59.8 Å². The van der Waals surface area contributed by atoms with Gasteiger partial charge in [0, 0.05) is 17.3 Å². The van der Waals surface area contributed by atoms with Gasteiger partial charge in [0.15, 0.2) is 10.9 Å². The molecule has 1 fully saturated rings. The third-order valence-corrected chi connectivity index (χ3v) is 6.06. The molecule has 0 bridgehead atoms. The zero-order chi connectivity index (χ0) is 20.4. The van der Waals surface area contributed by atoms with Crippen LogP contribution in [0.2, 0.25) is 0 Å². The number of carbonyl (C=O) groups excluding carboxylic acids is 2. The van der Waals surface area contributed by atoms with Gasteiger partial charge in [0.25, 0.3) is 0 Å². The molecule has 2 aromatic carbocycles. The molecular weight excluding hydrogens is 384 g/mol. The highest BCUT2D eigenvalue weighted by Gasteiger charge is 2.31. The van der Waals surface area contributed by atoms with E-state index in [1.165, 1.54) is 18.7 Å². The number of Topliss-reactive ketones (excluding diaryl/α,β-unsaturated/α-hetero) is 1. The van der Waals surface area contributed by atoms with Crippen LogP contribution in [0.3, 0.4) is 0 Å². The summed E-state index contributed by atoms with van der Waals surface area (Å²) < 4.78 is 2.13. The van der Waals surface area contributed by atoms with Crippen molar-refractivity contribution in [3.8, 4) is 0 Å². The number of hydrogen-bond acceptors (Lipinski definition) is 5. The third kappa shape index (κ3) is 4.40. The van der Waals surface area contributed by atoms with Crippen molar-refractivity contribution in [3.63, 3.8) is 0 Å².